The third-order valence-corrected chi connectivity index (χ3v) is 4.03. The van der Waals surface area contributed by atoms with Crippen LogP contribution in [0.5, 0.6) is 5.75 Å². The van der Waals surface area contributed by atoms with Gasteiger partial charge in [-0.2, -0.15) is 0 Å². The van der Waals surface area contributed by atoms with Crippen molar-refractivity contribution < 1.29 is 4.74 Å². The van der Waals surface area contributed by atoms with Crippen LogP contribution in [0, 0.1) is 0 Å². The monoisotopic (exact) mass is 279 g/mol. The fourth-order valence-electron chi connectivity index (χ4n) is 2.42. The van der Waals surface area contributed by atoms with Crippen LogP contribution in [0.4, 0.5) is 0 Å². The molecule has 5 heteroatoms. The molecular weight excluding hydrogens is 258 g/mol. The van der Waals surface area contributed by atoms with E-state index >= 15 is 0 Å². The van der Waals surface area contributed by atoms with Crippen LogP contribution in [0.3, 0.4) is 0 Å². The predicted octanol–water partition coefficient (Wildman–Crippen LogP) is 1.62. The minimum absolute atomic E-state index is 0.402. The third kappa shape index (κ3) is 3.36. The van der Waals surface area contributed by atoms with Gasteiger partial charge in [-0.1, -0.05) is 12.1 Å². The second kappa shape index (κ2) is 6.21. The van der Waals surface area contributed by atoms with Gasteiger partial charge < -0.3 is 15.4 Å². The molecular formula is C14H21N3OS. The van der Waals surface area contributed by atoms with Gasteiger partial charge >= 0.3 is 0 Å². The van der Waals surface area contributed by atoms with Gasteiger partial charge in [-0.25, -0.2) is 0 Å². The summed E-state index contributed by atoms with van der Waals surface area (Å²) in [6.45, 7) is 6.04. The average molecular weight is 279 g/mol. The van der Waals surface area contributed by atoms with E-state index in [0.29, 0.717) is 11.2 Å². The summed E-state index contributed by atoms with van der Waals surface area (Å²) in [6, 6.07) is 8.68. The van der Waals surface area contributed by atoms with Crippen LogP contribution in [0.2, 0.25) is 0 Å². The van der Waals surface area contributed by atoms with Crippen LogP contribution in [-0.2, 0) is 0 Å². The molecule has 1 saturated heterocycles. The van der Waals surface area contributed by atoms with Crippen molar-refractivity contribution in [2.75, 3.05) is 33.3 Å². The molecule has 1 aromatic carbocycles. The number of nitrogens with two attached hydrogens (primary N) is 1. The molecule has 19 heavy (non-hydrogen) atoms. The summed E-state index contributed by atoms with van der Waals surface area (Å²) >= 11 is 5.01. The van der Waals surface area contributed by atoms with Crippen molar-refractivity contribution in [1.29, 1.82) is 0 Å². The van der Waals surface area contributed by atoms with E-state index in [1.54, 1.807) is 7.11 Å². The summed E-state index contributed by atoms with van der Waals surface area (Å²) in [4.78, 5) is 4.52. The van der Waals surface area contributed by atoms with Crippen molar-refractivity contribution in [3.63, 3.8) is 0 Å². The SMILES string of the molecule is COc1ccc(C(C)N2CCN(C(N)=S)CC2)cc1. The number of ether oxygens (including phenoxy) is 1. The highest BCUT2D eigenvalue weighted by Crippen LogP contribution is 2.23. The highest BCUT2D eigenvalue weighted by molar-refractivity contribution is 7.80. The van der Waals surface area contributed by atoms with E-state index in [2.05, 4.69) is 28.9 Å². The molecule has 0 spiro atoms. The zero-order valence-electron chi connectivity index (χ0n) is 11.5. The van der Waals surface area contributed by atoms with Gasteiger partial charge in [-0.05, 0) is 36.8 Å². The van der Waals surface area contributed by atoms with E-state index < -0.39 is 0 Å². The molecule has 1 atom stereocenters. The fourth-order valence-corrected chi connectivity index (χ4v) is 2.61. The standard InChI is InChI=1S/C14H21N3OS/c1-11(12-3-5-13(18-2)6-4-12)16-7-9-17(10-8-16)14(15)19/h3-6,11H,7-10H2,1-2H3,(H2,15,19). The lowest BCUT2D eigenvalue weighted by atomic mass is 10.1. The van der Waals surface area contributed by atoms with Gasteiger partial charge in [0.05, 0.1) is 7.11 Å². The van der Waals surface area contributed by atoms with Crippen molar-refractivity contribution in [1.82, 2.24) is 9.80 Å². The Labute approximate surface area is 120 Å². The van der Waals surface area contributed by atoms with E-state index in [-0.39, 0.29) is 0 Å². The van der Waals surface area contributed by atoms with Gasteiger partial charge in [-0.15, -0.1) is 0 Å². The number of rotatable bonds is 3. The number of hydrogen-bond acceptors (Lipinski definition) is 3. The molecule has 4 nitrogen and oxygen atoms in total. The third-order valence-electron chi connectivity index (χ3n) is 3.77. The summed E-state index contributed by atoms with van der Waals surface area (Å²) < 4.78 is 5.19. The first-order chi connectivity index (χ1) is 9.11. The molecule has 2 rings (SSSR count). The number of piperazine rings is 1. The molecule has 0 bridgehead atoms. The number of hydrogen-bond donors (Lipinski definition) is 1. The molecule has 0 aromatic heterocycles. The molecule has 0 saturated carbocycles. The maximum absolute atomic E-state index is 5.66. The summed E-state index contributed by atoms with van der Waals surface area (Å²) in [6.07, 6.45) is 0. The van der Waals surface area contributed by atoms with Gasteiger partial charge in [0.25, 0.3) is 0 Å². The van der Waals surface area contributed by atoms with Crippen LogP contribution >= 0.6 is 12.2 Å². The maximum Gasteiger partial charge on any atom is 0.166 e. The van der Waals surface area contributed by atoms with Crippen molar-refractivity contribution in [3.8, 4) is 5.75 Å². The van der Waals surface area contributed by atoms with Gasteiger partial charge in [0.1, 0.15) is 5.75 Å². The summed E-state index contributed by atoms with van der Waals surface area (Å²) in [5.74, 6) is 0.897. The summed E-state index contributed by atoms with van der Waals surface area (Å²) in [5, 5.41) is 0.511. The van der Waals surface area contributed by atoms with Crippen molar-refractivity contribution in [3.05, 3.63) is 29.8 Å². The Morgan fingerprint density at radius 3 is 2.26 bits per heavy atom. The van der Waals surface area contributed by atoms with Gasteiger partial charge in [0, 0.05) is 32.2 Å². The van der Waals surface area contributed by atoms with Crippen LogP contribution in [0.25, 0.3) is 0 Å². The first kappa shape index (κ1) is 14.1. The Kier molecular flexibility index (Phi) is 4.61. The highest BCUT2D eigenvalue weighted by atomic mass is 32.1. The molecule has 1 aliphatic rings. The molecule has 1 aromatic rings. The van der Waals surface area contributed by atoms with Gasteiger partial charge in [0.2, 0.25) is 0 Å². The van der Waals surface area contributed by atoms with E-state index in [4.69, 9.17) is 22.7 Å². The Hall–Kier alpha value is -1.33. The molecule has 0 radical (unpaired) electrons. The largest absolute Gasteiger partial charge is 0.497 e. The van der Waals surface area contributed by atoms with Crippen LogP contribution < -0.4 is 10.5 Å². The maximum atomic E-state index is 5.66. The van der Waals surface area contributed by atoms with E-state index in [9.17, 15) is 0 Å². The molecule has 0 aliphatic carbocycles. The molecule has 104 valence electrons. The lowest BCUT2D eigenvalue weighted by molar-refractivity contribution is 0.141. The normalized spacial score (nSPS) is 18.1. The number of methoxy groups -OCH3 is 1. The summed E-state index contributed by atoms with van der Waals surface area (Å²) in [7, 11) is 1.69. The molecule has 0 amide bonds. The fraction of sp³-hybridized carbons (Fsp3) is 0.500. The number of nitrogens with zero attached hydrogens (tertiary/aromatic N) is 2. The smallest absolute Gasteiger partial charge is 0.166 e. The molecule has 1 heterocycles. The first-order valence-corrected chi connectivity index (χ1v) is 6.95. The lowest BCUT2D eigenvalue weighted by Gasteiger charge is -2.38. The average Bonchev–Trinajstić information content (AvgIpc) is 2.46. The van der Waals surface area contributed by atoms with Gasteiger partial charge in [-0.3, -0.25) is 4.90 Å². The quantitative estimate of drug-likeness (QED) is 0.852. The van der Waals surface area contributed by atoms with Crippen molar-refractivity contribution in [2.45, 2.75) is 13.0 Å². The van der Waals surface area contributed by atoms with E-state index in [1.807, 2.05) is 12.1 Å². The molecule has 1 unspecified atom stereocenters. The van der Waals surface area contributed by atoms with E-state index in [0.717, 1.165) is 31.9 Å². The molecule has 1 fully saturated rings. The molecule has 1 aliphatic heterocycles. The highest BCUT2D eigenvalue weighted by Gasteiger charge is 2.22. The van der Waals surface area contributed by atoms with Crippen LogP contribution in [-0.4, -0.2) is 48.2 Å². The second-order valence-electron chi connectivity index (χ2n) is 4.81. The second-order valence-corrected chi connectivity index (χ2v) is 5.23. The van der Waals surface area contributed by atoms with Crippen molar-refractivity contribution in [2.24, 2.45) is 5.73 Å². The van der Waals surface area contributed by atoms with Crippen LogP contribution in [0.15, 0.2) is 24.3 Å². The predicted molar refractivity (Wildman–Crippen MR) is 81.3 cm³/mol. The minimum Gasteiger partial charge on any atom is -0.497 e. The summed E-state index contributed by atoms with van der Waals surface area (Å²) in [5.41, 5.74) is 6.97. The Morgan fingerprint density at radius 1 is 1.21 bits per heavy atom. The topological polar surface area (TPSA) is 41.7 Å². The molecule has 2 N–H and O–H groups in total. The van der Waals surface area contributed by atoms with E-state index in [1.165, 1.54) is 5.56 Å². The first-order valence-electron chi connectivity index (χ1n) is 6.54. The van der Waals surface area contributed by atoms with Crippen molar-refractivity contribution >= 4 is 17.3 Å². The Morgan fingerprint density at radius 2 is 1.79 bits per heavy atom. The minimum atomic E-state index is 0.402. The van der Waals surface area contributed by atoms with Crippen LogP contribution in [0.1, 0.15) is 18.5 Å². The zero-order chi connectivity index (χ0) is 13.8. The number of benzene rings is 1. The lowest BCUT2D eigenvalue weighted by Crippen LogP contribution is -2.50. The van der Waals surface area contributed by atoms with Gasteiger partial charge in [0.15, 0.2) is 5.11 Å². The number of thiocarbonyl (C=S) groups is 1. The zero-order valence-corrected chi connectivity index (χ0v) is 12.3. The Balaban J connectivity index is 1.96. The Bertz CT molecular complexity index is 427.